The van der Waals surface area contributed by atoms with Crippen LogP contribution in [0, 0.1) is 10.1 Å². The fraction of sp³-hybridized carbons (Fsp3) is 0.190. The predicted octanol–water partition coefficient (Wildman–Crippen LogP) is 2.98. The Morgan fingerprint density at radius 3 is 2.64 bits per heavy atom. The number of nitro benzene ring substituents is 1. The lowest BCUT2D eigenvalue weighted by molar-refractivity contribution is -0.384. The Kier molecular flexibility index (Phi) is 8.41. The van der Waals surface area contributed by atoms with Gasteiger partial charge in [-0.1, -0.05) is 41.6 Å². The highest BCUT2D eigenvalue weighted by Gasteiger charge is 2.15. The SMILES string of the molecule is O=C(Cn1c(CO)cnc1SCC(=O)Nc1cccc([N+](=O)[O-])c1)NCc1ccc(Cl)cc1. The summed E-state index contributed by atoms with van der Waals surface area (Å²) in [7, 11) is 0. The van der Waals surface area contributed by atoms with E-state index in [1.165, 1.54) is 29.0 Å². The number of aliphatic hydroxyl groups is 1. The largest absolute Gasteiger partial charge is 0.390 e. The van der Waals surface area contributed by atoms with Crippen molar-refractivity contribution in [1.29, 1.82) is 0 Å². The molecule has 0 unspecified atom stereocenters. The number of aromatic nitrogens is 2. The van der Waals surface area contributed by atoms with E-state index in [9.17, 15) is 24.8 Å². The van der Waals surface area contributed by atoms with Gasteiger partial charge in [-0.25, -0.2) is 4.98 Å². The molecule has 3 aromatic rings. The number of hydrogen-bond acceptors (Lipinski definition) is 7. The lowest BCUT2D eigenvalue weighted by atomic mass is 10.2. The highest BCUT2D eigenvalue weighted by Crippen LogP contribution is 2.21. The van der Waals surface area contributed by atoms with Gasteiger partial charge in [0.05, 0.1) is 29.2 Å². The molecular formula is C21H20ClN5O5S. The molecule has 0 aliphatic rings. The van der Waals surface area contributed by atoms with E-state index in [0.29, 0.717) is 28.1 Å². The van der Waals surface area contributed by atoms with Gasteiger partial charge in [0.25, 0.3) is 5.69 Å². The molecule has 0 radical (unpaired) electrons. The third kappa shape index (κ3) is 7.04. The Balaban J connectivity index is 1.57. The number of nitrogens with zero attached hydrogens (tertiary/aromatic N) is 3. The second-order valence-corrected chi connectivity index (χ2v) is 8.20. The Morgan fingerprint density at radius 1 is 1.18 bits per heavy atom. The molecule has 0 bridgehead atoms. The van der Waals surface area contributed by atoms with E-state index in [0.717, 1.165) is 17.3 Å². The van der Waals surface area contributed by atoms with Crippen LogP contribution >= 0.6 is 23.4 Å². The summed E-state index contributed by atoms with van der Waals surface area (Å²) in [6, 6.07) is 12.7. The second kappa shape index (κ2) is 11.5. The van der Waals surface area contributed by atoms with Gasteiger partial charge in [-0.15, -0.1) is 0 Å². The Labute approximate surface area is 198 Å². The number of nitrogens with one attached hydrogen (secondary N) is 2. The molecule has 0 aliphatic carbocycles. The van der Waals surface area contributed by atoms with Gasteiger partial charge in [0, 0.05) is 29.4 Å². The number of aliphatic hydroxyl groups excluding tert-OH is 1. The van der Waals surface area contributed by atoms with Gasteiger partial charge in [0.15, 0.2) is 5.16 Å². The van der Waals surface area contributed by atoms with Crippen LogP contribution in [0.1, 0.15) is 11.3 Å². The molecule has 2 aromatic carbocycles. The summed E-state index contributed by atoms with van der Waals surface area (Å²) >= 11 is 6.94. The van der Waals surface area contributed by atoms with Gasteiger partial charge >= 0.3 is 0 Å². The van der Waals surface area contributed by atoms with Crippen LogP contribution < -0.4 is 10.6 Å². The first-order valence-corrected chi connectivity index (χ1v) is 11.1. The monoisotopic (exact) mass is 489 g/mol. The van der Waals surface area contributed by atoms with E-state index in [4.69, 9.17) is 11.6 Å². The molecule has 3 N–H and O–H groups in total. The molecule has 0 fully saturated rings. The zero-order valence-corrected chi connectivity index (χ0v) is 18.8. The van der Waals surface area contributed by atoms with Crippen LogP contribution in [0.5, 0.6) is 0 Å². The molecule has 1 aromatic heterocycles. The van der Waals surface area contributed by atoms with Crippen LogP contribution in [0.4, 0.5) is 11.4 Å². The van der Waals surface area contributed by atoms with Crippen molar-refractivity contribution in [2.75, 3.05) is 11.1 Å². The Morgan fingerprint density at radius 2 is 1.94 bits per heavy atom. The first-order chi connectivity index (χ1) is 15.9. The number of nitro groups is 1. The van der Waals surface area contributed by atoms with Crippen LogP contribution in [-0.4, -0.2) is 37.1 Å². The van der Waals surface area contributed by atoms with Crippen molar-refractivity contribution in [2.24, 2.45) is 0 Å². The maximum atomic E-state index is 12.4. The normalized spacial score (nSPS) is 10.6. The van der Waals surface area contributed by atoms with Gasteiger partial charge in [-0.05, 0) is 23.8 Å². The average molecular weight is 490 g/mol. The van der Waals surface area contributed by atoms with Gasteiger partial charge in [0.2, 0.25) is 11.8 Å². The summed E-state index contributed by atoms with van der Waals surface area (Å²) in [6.45, 7) is -0.0938. The van der Waals surface area contributed by atoms with Crippen molar-refractivity contribution in [3.63, 3.8) is 0 Å². The zero-order chi connectivity index (χ0) is 23.8. The summed E-state index contributed by atoms with van der Waals surface area (Å²) in [6.07, 6.45) is 1.44. The van der Waals surface area contributed by atoms with Crippen LogP contribution in [0.2, 0.25) is 5.02 Å². The topological polar surface area (TPSA) is 139 Å². The molecule has 172 valence electrons. The summed E-state index contributed by atoms with van der Waals surface area (Å²) < 4.78 is 1.53. The highest BCUT2D eigenvalue weighted by molar-refractivity contribution is 7.99. The number of non-ortho nitro benzene ring substituents is 1. The van der Waals surface area contributed by atoms with E-state index in [1.807, 2.05) is 0 Å². The summed E-state index contributed by atoms with van der Waals surface area (Å²) in [5.41, 5.74) is 1.48. The number of benzene rings is 2. The first-order valence-electron chi connectivity index (χ1n) is 9.69. The number of rotatable bonds is 10. The van der Waals surface area contributed by atoms with Crippen molar-refractivity contribution in [3.05, 3.63) is 81.1 Å². The predicted molar refractivity (Wildman–Crippen MR) is 124 cm³/mol. The number of hydrogen-bond donors (Lipinski definition) is 3. The van der Waals surface area contributed by atoms with E-state index >= 15 is 0 Å². The fourth-order valence-electron chi connectivity index (χ4n) is 2.83. The smallest absolute Gasteiger partial charge is 0.271 e. The lowest BCUT2D eigenvalue weighted by Gasteiger charge is -2.11. The molecule has 0 atom stereocenters. The number of amides is 2. The number of carbonyl (C=O) groups excluding carboxylic acids is 2. The summed E-state index contributed by atoms with van der Waals surface area (Å²) in [5.74, 6) is -0.731. The molecule has 0 aliphatic heterocycles. The molecule has 2 amide bonds. The van der Waals surface area contributed by atoms with Crippen molar-refractivity contribution in [2.45, 2.75) is 24.9 Å². The maximum absolute atomic E-state index is 12.4. The molecular weight excluding hydrogens is 470 g/mol. The summed E-state index contributed by atoms with van der Waals surface area (Å²) in [4.78, 5) is 39.2. The highest BCUT2D eigenvalue weighted by atomic mass is 35.5. The minimum Gasteiger partial charge on any atom is -0.390 e. The summed E-state index contributed by atoms with van der Waals surface area (Å²) in [5, 5.41) is 26.8. The van der Waals surface area contributed by atoms with Gasteiger partial charge in [-0.3, -0.25) is 19.7 Å². The van der Waals surface area contributed by atoms with E-state index in [-0.39, 0.29) is 30.5 Å². The number of imidazole rings is 1. The van der Waals surface area contributed by atoms with Gasteiger partial charge < -0.3 is 20.3 Å². The minimum atomic E-state index is -0.546. The standard InChI is InChI=1S/C21H20ClN5O5S/c22-15-6-4-14(5-7-15)9-23-19(29)11-26-18(12-28)10-24-21(26)33-13-20(30)25-16-2-1-3-17(8-16)27(31)32/h1-8,10,28H,9,11-13H2,(H,23,29)(H,25,30). The number of anilines is 1. The van der Waals surface area contributed by atoms with Crippen molar-refractivity contribution in [1.82, 2.24) is 14.9 Å². The molecule has 3 rings (SSSR count). The molecule has 0 saturated heterocycles. The minimum absolute atomic E-state index is 0.0447. The van der Waals surface area contributed by atoms with Gasteiger partial charge in [0.1, 0.15) is 6.54 Å². The quantitative estimate of drug-likeness (QED) is 0.226. The third-order valence-corrected chi connectivity index (χ3v) is 5.68. The van der Waals surface area contributed by atoms with Crippen molar-refractivity contribution in [3.8, 4) is 0 Å². The lowest BCUT2D eigenvalue weighted by Crippen LogP contribution is -2.28. The number of carbonyl (C=O) groups is 2. The number of thioether (sulfide) groups is 1. The Hall–Kier alpha value is -3.41. The van der Waals surface area contributed by atoms with Gasteiger partial charge in [-0.2, -0.15) is 0 Å². The van der Waals surface area contributed by atoms with Crippen LogP contribution in [0.15, 0.2) is 59.9 Å². The molecule has 33 heavy (non-hydrogen) atoms. The van der Waals surface area contributed by atoms with E-state index in [2.05, 4.69) is 15.6 Å². The van der Waals surface area contributed by atoms with Crippen LogP contribution in [0.3, 0.4) is 0 Å². The molecule has 10 nitrogen and oxygen atoms in total. The second-order valence-electron chi connectivity index (χ2n) is 6.82. The zero-order valence-electron chi connectivity index (χ0n) is 17.2. The average Bonchev–Trinajstić information content (AvgIpc) is 3.18. The Bertz CT molecular complexity index is 1150. The molecule has 1 heterocycles. The number of halogens is 1. The van der Waals surface area contributed by atoms with Crippen molar-refractivity contribution < 1.29 is 19.6 Å². The van der Waals surface area contributed by atoms with Crippen LogP contribution in [0.25, 0.3) is 0 Å². The van der Waals surface area contributed by atoms with Crippen LogP contribution in [-0.2, 0) is 29.3 Å². The first kappa shape index (κ1) is 24.2. The maximum Gasteiger partial charge on any atom is 0.271 e. The van der Waals surface area contributed by atoms with Crippen molar-refractivity contribution >= 4 is 46.6 Å². The molecule has 0 saturated carbocycles. The third-order valence-electron chi connectivity index (χ3n) is 4.44. The van der Waals surface area contributed by atoms with E-state index in [1.54, 1.807) is 30.3 Å². The molecule has 12 heteroatoms. The van der Waals surface area contributed by atoms with E-state index < -0.39 is 10.8 Å². The fourth-order valence-corrected chi connectivity index (χ4v) is 3.75. The molecule has 0 spiro atoms.